The van der Waals surface area contributed by atoms with Gasteiger partial charge in [0.25, 0.3) is 0 Å². The van der Waals surface area contributed by atoms with Crippen LogP contribution < -0.4 is 11.1 Å². The molecule has 0 aliphatic heterocycles. The number of para-hydroxylation sites is 1. The predicted molar refractivity (Wildman–Crippen MR) is 82.0 cm³/mol. The molecule has 1 atom stereocenters. The first-order chi connectivity index (χ1) is 9.58. The Balaban J connectivity index is 2.42. The summed E-state index contributed by atoms with van der Waals surface area (Å²) in [7, 11) is 1.98. The van der Waals surface area contributed by atoms with E-state index in [9.17, 15) is 9.90 Å². The fourth-order valence-corrected chi connectivity index (χ4v) is 3.11. The third-order valence-electron chi connectivity index (χ3n) is 3.35. The van der Waals surface area contributed by atoms with Crippen molar-refractivity contribution in [1.29, 1.82) is 0 Å². The first-order valence-corrected chi connectivity index (χ1v) is 7.58. The number of thioether (sulfide) groups is 1. The molecule has 0 bridgehead atoms. The van der Waals surface area contributed by atoms with Crippen molar-refractivity contribution in [3.05, 3.63) is 30.0 Å². The van der Waals surface area contributed by atoms with E-state index in [0.29, 0.717) is 6.42 Å². The van der Waals surface area contributed by atoms with Gasteiger partial charge in [-0.2, -0.15) is 0 Å². The number of nitrogens with one attached hydrogen (secondary N) is 1. The molecule has 2 rings (SSSR count). The molecule has 0 spiro atoms. The molecule has 1 heterocycles. The normalized spacial score (nSPS) is 12.8. The summed E-state index contributed by atoms with van der Waals surface area (Å²) < 4.78 is 2.05. The van der Waals surface area contributed by atoms with Gasteiger partial charge >= 0.3 is 5.97 Å². The molecule has 2 aromatic rings. The second-order valence-electron chi connectivity index (χ2n) is 4.62. The zero-order valence-corrected chi connectivity index (χ0v) is 12.4. The number of fused-ring (bicyclic) bond motifs is 1. The van der Waals surface area contributed by atoms with Gasteiger partial charge in [-0.25, -0.2) is 0 Å². The Morgan fingerprint density at radius 3 is 2.90 bits per heavy atom. The van der Waals surface area contributed by atoms with Crippen molar-refractivity contribution in [3.8, 4) is 0 Å². The molecule has 0 amide bonds. The van der Waals surface area contributed by atoms with Gasteiger partial charge in [0.2, 0.25) is 0 Å². The van der Waals surface area contributed by atoms with E-state index in [1.54, 1.807) is 11.8 Å². The lowest BCUT2D eigenvalue weighted by molar-refractivity contribution is -0.139. The van der Waals surface area contributed by atoms with Crippen LogP contribution in [0.3, 0.4) is 0 Å². The lowest BCUT2D eigenvalue weighted by Gasteiger charge is -2.12. The van der Waals surface area contributed by atoms with Crippen LogP contribution in [0.1, 0.15) is 5.56 Å². The van der Waals surface area contributed by atoms with E-state index in [1.165, 1.54) is 4.90 Å². The van der Waals surface area contributed by atoms with Gasteiger partial charge in [-0.05, 0) is 17.9 Å². The fourth-order valence-electron chi connectivity index (χ4n) is 2.45. The molecule has 4 N–H and O–H groups in total. The van der Waals surface area contributed by atoms with E-state index < -0.39 is 12.0 Å². The summed E-state index contributed by atoms with van der Waals surface area (Å²) in [5.74, 6) is -0.881. The van der Waals surface area contributed by atoms with Crippen molar-refractivity contribution in [2.45, 2.75) is 17.4 Å². The highest BCUT2D eigenvalue weighted by Gasteiger charge is 2.19. The molecular formula is C14H19N3O2S. The minimum atomic E-state index is -0.881. The number of benzene rings is 1. The van der Waals surface area contributed by atoms with Gasteiger partial charge in [0, 0.05) is 36.6 Å². The van der Waals surface area contributed by atoms with Crippen LogP contribution >= 0.6 is 11.8 Å². The molecule has 0 fully saturated rings. The molecule has 0 saturated carbocycles. The summed E-state index contributed by atoms with van der Waals surface area (Å²) in [5.41, 5.74) is 7.57. The molecule has 0 radical (unpaired) electrons. The zero-order valence-electron chi connectivity index (χ0n) is 11.6. The number of carbonyl (C=O) groups is 1. The summed E-state index contributed by atoms with van der Waals surface area (Å²) in [4.78, 5) is 12.4. The Bertz CT molecular complexity index is 624. The molecular weight excluding hydrogens is 274 g/mol. The van der Waals surface area contributed by atoms with Crippen LogP contribution in [0.25, 0.3) is 10.9 Å². The monoisotopic (exact) mass is 293 g/mol. The highest BCUT2D eigenvalue weighted by atomic mass is 32.2. The lowest BCUT2D eigenvalue weighted by atomic mass is 10.1. The van der Waals surface area contributed by atoms with Crippen LogP contribution in [-0.2, 0) is 18.3 Å². The van der Waals surface area contributed by atoms with Gasteiger partial charge in [0.05, 0.1) is 5.52 Å². The minimum absolute atomic E-state index is 0.151. The van der Waals surface area contributed by atoms with Gasteiger partial charge in [-0.15, -0.1) is 11.8 Å². The van der Waals surface area contributed by atoms with E-state index in [-0.39, 0.29) is 6.67 Å². The first kappa shape index (κ1) is 14.9. The maximum atomic E-state index is 11.2. The molecule has 6 heteroatoms. The molecule has 0 aliphatic carbocycles. The summed E-state index contributed by atoms with van der Waals surface area (Å²) in [6.07, 6.45) is 4.46. The van der Waals surface area contributed by atoms with Crippen molar-refractivity contribution in [2.24, 2.45) is 12.8 Å². The van der Waals surface area contributed by atoms with Crippen LogP contribution in [-0.4, -0.2) is 34.6 Å². The molecule has 0 aliphatic rings. The highest BCUT2D eigenvalue weighted by Crippen LogP contribution is 2.30. The third-order valence-corrected chi connectivity index (χ3v) is 4.12. The molecule has 0 saturated heterocycles. The second-order valence-corrected chi connectivity index (χ2v) is 5.47. The maximum Gasteiger partial charge on any atom is 0.321 e. The molecule has 1 unspecified atom stereocenters. The zero-order chi connectivity index (χ0) is 14.7. The van der Waals surface area contributed by atoms with Gasteiger partial charge < -0.3 is 15.4 Å². The second kappa shape index (κ2) is 6.30. The Morgan fingerprint density at radius 2 is 2.30 bits per heavy atom. The smallest absolute Gasteiger partial charge is 0.321 e. The molecule has 20 heavy (non-hydrogen) atoms. The van der Waals surface area contributed by atoms with E-state index >= 15 is 0 Å². The summed E-state index contributed by atoms with van der Waals surface area (Å²) in [6, 6.07) is 5.45. The van der Waals surface area contributed by atoms with Gasteiger partial charge in [-0.3, -0.25) is 10.1 Å². The minimum Gasteiger partial charge on any atom is -0.480 e. The van der Waals surface area contributed by atoms with Crippen molar-refractivity contribution in [3.63, 3.8) is 0 Å². The number of nitrogens with zero attached hydrogens (tertiary/aromatic N) is 1. The van der Waals surface area contributed by atoms with Gasteiger partial charge in [-0.1, -0.05) is 12.1 Å². The molecule has 1 aromatic heterocycles. The van der Waals surface area contributed by atoms with Crippen LogP contribution in [0.2, 0.25) is 0 Å². The SMILES string of the molecule is CSc1cccc2c(CC(NCN)C(=O)O)cn(C)c12. The lowest BCUT2D eigenvalue weighted by Crippen LogP contribution is -2.41. The van der Waals surface area contributed by atoms with Gasteiger partial charge in [0.15, 0.2) is 0 Å². The van der Waals surface area contributed by atoms with Crippen molar-refractivity contribution in [2.75, 3.05) is 12.9 Å². The van der Waals surface area contributed by atoms with E-state index in [2.05, 4.69) is 16.0 Å². The highest BCUT2D eigenvalue weighted by molar-refractivity contribution is 7.98. The summed E-state index contributed by atoms with van der Waals surface area (Å²) in [6.45, 7) is 0.151. The van der Waals surface area contributed by atoms with Crippen LogP contribution in [0.4, 0.5) is 0 Å². The molecule has 5 nitrogen and oxygen atoms in total. The average Bonchev–Trinajstić information content (AvgIpc) is 2.75. The molecule has 108 valence electrons. The van der Waals surface area contributed by atoms with E-state index in [1.807, 2.05) is 31.6 Å². The van der Waals surface area contributed by atoms with Gasteiger partial charge in [0.1, 0.15) is 6.04 Å². The van der Waals surface area contributed by atoms with E-state index in [4.69, 9.17) is 5.73 Å². The van der Waals surface area contributed by atoms with Crippen molar-refractivity contribution in [1.82, 2.24) is 9.88 Å². The number of aromatic nitrogens is 1. The topological polar surface area (TPSA) is 80.3 Å². The Labute approximate surface area is 122 Å². The van der Waals surface area contributed by atoms with Crippen molar-refractivity contribution >= 4 is 28.6 Å². The van der Waals surface area contributed by atoms with Crippen LogP contribution in [0, 0.1) is 0 Å². The predicted octanol–water partition coefficient (Wildman–Crippen LogP) is 1.40. The van der Waals surface area contributed by atoms with Crippen molar-refractivity contribution < 1.29 is 9.90 Å². The molecule has 1 aromatic carbocycles. The summed E-state index contributed by atoms with van der Waals surface area (Å²) in [5, 5.41) is 13.1. The number of nitrogens with two attached hydrogens (primary N) is 1. The van der Waals surface area contributed by atoms with Crippen LogP contribution in [0.5, 0.6) is 0 Å². The Morgan fingerprint density at radius 1 is 1.55 bits per heavy atom. The standard InChI is InChI=1S/C14H19N3O2S/c1-17-7-9(6-11(14(18)19)16-8-15)10-4-3-5-12(20-2)13(10)17/h3-5,7,11,16H,6,8,15H2,1-2H3,(H,18,19). The number of aliphatic carboxylic acids is 1. The fraction of sp³-hybridized carbons (Fsp3) is 0.357. The van der Waals surface area contributed by atoms with Crippen LogP contribution in [0.15, 0.2) is 29.3 Å². The number of rotatable bonds is 6. The number of hydrogen-bond acceptors (Lipinski definition) is 4. The first-order valence-electron chi connectivity index (χ1n) is 6.35. The average molecular weight is 293 g/mol. The number of carboxylic acids is 1. The number of hydrogen-bond donors (Lipinski definition) is 3. The maximum absolute atomic E-state index is 11.2. The largest absolute Gasteiger partial charge is 0.480 e. The summed E-state index contributed by atoms with van der Waals surface area (Å²) >= 11 is 1.69. The third kappa shape index (κ3) is 2.82. The number of aryl methyl sites for hydroxylation is 1. The Kier molecular flexibility index (Phi) is 4.69. The quantitative estimate of drug-likeness (QED) is 0.554. The number of carboxylic acid groups (broad SMARTS) is 1. The Hall–Kier alpha value is -1.50. The van der Waals surface area contributed by atoms with E-state index in [0.717, 1.165) is 16.5 Å².